The summed E-state index contributed by atoms with van der Waals surface area (Å²) < 4.78 is 62.6. The van der Waals surface area contributed by atoms with Gasteiger partial charge in [0.1, 0.15) is 12.3 Å². The van der Waals surface area contributed by atoms with Crippen molar-refractivity contribution in [2.45, 2.75) is 12.1 Å². The number of amides is 1. The molecule has 1 aromatic carbocycles. The highest BCUT2D eigenvalue weighted by Crippen LogP contribution is 2.38. The molecule has 0 radical (unpaired) electrons. The number of hydrogen-bond acceptors (Lipinski definition) is 3. The van der Waals surface area contributed by atoms with Gasteiger partial charge in [0.05, 0.1) is 0 Å². The van der Waals surface area contributed by atoms with Gasteiger partial charge in [0.2, 0.25) is 0 Å². The van der Waals surface area contributed by atoms with Crippen molar-refractivity contribution in [2.24, 2.45) is 0 Å². The van der Waals surface area contributed by atoms with Crippen LogP contribution in [0.15, 0.2) is 24.3 Å². The van der Waals surface area contributed by atoms with Crippen molar-refractivity contribution in [3.8, 4) is 5.75 Å². The van der Waals surface area contributed by atoms with E-state index in [2.05, 4.69) is 0 Å². The fourth-order valence-corrected chi connectivity index (χ4v) is 1.34. The summed E-state index contributed by atoms with van der Waals surface area (Å²) in [5.41, 5.74) is -0.524. The Balaban J connectivity index is 3.23. The number of rotatable bonds is 4. The van der Waals surface area contributed by atoms with Crippen LogP contribution < -0.4 is 4.90 Å². The van der Waals surface area contributed by atoms with E-state index in [1.165, 1.54) is 0 Å². The summed E-state index contributed by atoms with van der Waals surface area (Å²) in [7, 11) is 0. The largest absolute Gasteiger partial charge is 0.508 e. The van der Waals surface area contributed by atoms with Gasteiger partial charge in [0, 0.05) is 5.69 Å². The van der Waals surface area contributed by atoms with Gasteiger partial charge in [-0.3, -0.25) is 14.5 Å². The molecule has 0 aromatic heterocycles. The van der Waals surface area contributed by atoms with Gasteiger partial charge < -0.3 is 10.2 Å². The Hall–Kier alpha value is -2.39. The minimum absolute atomic E-state index is 0.227. The summed E-state index contributed by atoms with van der Waals surface area (Å²) in [6.45, 7) is -1.39. The third-order valence-corrected chi connectivity index (χ3v) is 2.32. The maximum Gasteiger partial charge on any atom is 0.463 e. The molecule has 1 aromatic rings. The number of carbonyl (C=O) groups excluding carboxylic acids is 1. The molecule has 0 bridgehead atoms. The van der Waals surface area contributed by atoms with Crippen LogP contribution in [0, 0.1) is 0 Å². The molecule has 10 heteroatoms. The molecule has 0 fully saturated rings. The average Bonchev–Trinajstić information content (AvgIpc) is 2.34. The normalized spacial score (nSPS) is 12.0. The van der Waals surface area contributed by atoms with Gasteiger partial charge in [-0.05, 0) is 24.3 Å². The number of halogens is 5. The molecule has 0 saturated carbocycles. The molecule has 5 nitrogen and oxygen atoms in total. The number of phenolic OH excluding ortho intramolecular Hbond substituents is 1. The van der Waals surface area contributed by atoms with Gasteiger partial charge in [0.25, 0.3) is 0 Å². The zero-order chi connectivity index (χ0) is 16.4. The predicted octanol–water partition coefficient (Wildman–Crippen LogP) is 2.01. The summed E-state index contributed by atoms with van der Waals surface area (Å²) in [4.78, 5) is 21.7. The number of carbonyl (C=O) groups is 2. The minimum Gasteiger partial charge on any atom is -0.508 e. The van der Waals surface area contributed by atoms with Crippen molar-refractivity contribution < 1.29 is 41.8 Å². The average molecular weight is 313 g/mol. The quantitative estimate of drug-likeness (QED) is 0.834. The molecule has 1 amide bonds. The Morgan fingerprint density at radius 3 is 1.90 bits per heavy atom. The van der Waals surface area contributed by atoms with Gasteiger partial charge >= 0.3 is 24.0 Å². The number of phenols is 1. The molecule has 1 rings (SSSR count). The van der Waals surface area contributed by atoms with Crippen molar-refractivity contribution in [3.05, 3.63) is 24.3 Å². The van der Waals surface area contributed by atoms with Crippen molar-refractivity contribution in [3.63, 3.8) is 0 Å². The van der Waals surface area contributed by atoms with E-state index in [1.54, 1.807) is 0 Å². The Morgan fingerprint density at radius 2 is 1.52 bits per heavy atom. The van der Waals surface area contributed by atoms with Crippen LogP contribution in [-0.4, -0.2) is 40.7 Å². The smallest absolute Gasteiger partial charge is 0.463 e. The second-order valence-corrected chi connectivity index (χ2v) is 3.87. The maximum atomic E-state index is 13.0. The molecular formula is C11H8F5NO4. The van der Waals surface area contributed by atoms with Crippen LogP contribution in [0.2, 0.25) is 0 Å². The number of aliphatic carboxylic acids is 1. The molecule has 21 heavy (non-hydrogen) atoms. The van der Waals surface area contributed by atoms with Crippen LogP contribution in [0.25, 0.3) is 0 Å². The van der Waals surface area contributed by atoms with Crippen LogP contribution in [0.5, 0.6) is 5.75 Å². The van der Waals surface area contributed by atoms with Crippen LogP contribution in [0.1, 0.15) is 0 Å². The monoisotopic (exact) mass is 313 g/mol. The lowest BCUT2D eigenvalue weighted by molar-refractivity contribution is -0.268. The fourth-order valence-electron chi connectivity index (χ4n) is 1.34. The lowest BCUT2D eigenvalue weighted by Crippen LogP contribution is -2.53. The number of aromatic hydroxyl groups is 1. The SMILES string of the molecule is O=C(O)CN(C(=O)C(F)(F)C(F)(F)F)c1ccc(O)cc1. The van der Waals surface area contributed by atoms with Gasteiger partial charge in [-0.2, -0.15) is 22.0 Å². The highest BCUT2D eigenvalue weighted by molar-refractivity contribution is 6.02. The van der Waals surface area contributed by atoms with Gasteiger partial charge in [-0.15, -0.1) is 0 Å². The number of nitrogens with zero attached hydrogens (tertiary/aromatic N) is 1. The van der Waals surface area contributed by atoms with Crippen molar-refractivity contribution >= 4 is 17.6 Å². The van der Waals surface area contributed by atoms with Gasteiger partial charge in [-0.25, -0.2) is 0 Å². The van der Waals surface area contributed by atoms with E-state index in [4.69, 9.17) is 10.2 Å². The number of hydrogen-bond donors (Lipinski definition) is 2. The number of alkyl halides is 5. The lowest BCUT2D eigenvalue weighted by atomic mass is 10.2. The summed E-state index contributed by atoms with van der Waals surface area (Å²) in [6.07, 6.45) is -6.16. The third-order valence-electron chi connectivity index (χ3n) is 2.32. The van der Waals surface area contributed by atoms with Gasteiger partial charge in [-0.1, -0.05) is 0 Å². The molecule has 0 spiro atoms. The van der Waals surface area contributed by atoms with Crippen LogP contribution in [0.4, 0.5) is 27.6 Å². The Kier molecular flexibility index (Phi) is 4.40. The summed E-state index contributed by atoms with van der Waals surface area (Å²) in [5, 5.41) is 17.5. The molecule has 0 heterocycles. The van der Waals surface area contributed by atoms with Crippen LogP contribution in [-0.2, 0) is 9.59 Å². The summed E-state index contributed by atoms with van der Waals surface area (Å²) >= 11 is 0. The molecule has 0 aliphatic heterocycles. The highest BCUT2D eigenvalue weighted by Gasteiger charge is 2.65. The first-order chi connectivity index (χ1) is 9.46. The molecule has 0 atom stereocenters. The summed E-state index contributed by atoms with van der Waals surface area (Å²) in [6, 6.07) is 3.48. The van der Waals surface area contributed by atoms with Crippen LogP contribution >= 0.6 is 0 Å². The second-order valence-electron chi connectivity index (χ2n) is 3.87. The molecular weight excluding hydrogens is 305 g/mol. The topological polar surface area (TPSA) is 77.8 Å². The van der Waals surface area contributed by atoms with Crippen molar-refractivity contribution in [1.82, 2.24) is 0 Å². The fraction of sp³-hybridized carbons (Fsp3) is 0.273. The first-order valence-corrected chi connectivity index (χ1v) is 5.24. The maximum absolute atomic E-state index is 13.0. The zero-order valence-electron chi connectivity index (χ0n) is 10.1. The van der Waals surface area contributed by atoms with Gasteiger partial charge in [0.15, 0.2) is 0 Å². The third kappa shape index (κ3) is 3.58. The Labute approximate surface area is 114 Å². The van der Waals surface area contributed by atoms with Crippen LogP contribution in [0.3, 0.4) is 0 Å². The molecule has 116 valence electrons. The van der Waals surface area contributed by atoms with E-state index in [9.17, 15) is 31.5 Å². The van der Waals surface area contributed by atoms with E-state index in [0.29, 0.717) is 0 Å². The Morgan fingerprint density at radius 1 is 1.05 bits per heavy atom. The highest BCUT2D eigenvalue weighted by atomic mass is 19.4. The standard InChI is InChI=1S/C11H8F5NO4/c12-10(13,11(14,15)16)9(21)17(5-8(19)20)6-1-3-7(18)4-2-6/h1-4,18H,5H2,(H,19,20). The van der Waals surface area contributed by atoms with E-state index < -0.39 is 36.2 Å². The molecule has 0 saturated heterocycles. The molecule has 0 unspecified atom stereocenters. The molecule has 2 N–H and O–H groups in total. The summed E-state index contributed by atoms with van der Waals surface area (Å²) in [5.74, 6) is -10.6. The van der Waals surface area contributed by atoms with E-state index in [-0.39, 0.29) is 10.6 Å². The zero-order valence-corrected chi connectivity index (χ0v) is 10.1. The van der Waals surface area contributed by atoms with E-state index in [1.807, 2.05) is 0 Å². The number of benzene rings is 1. The predicted molar refractivity (Wildman–Crippen MR) is 59.1 cm³/mol. The van der Waals surface area contributed by atoms with Crippen molar-refractivity contribution in [2.75, 3.05) is 11.4 Å². The molecule has 0 aliphatic carbocycles. The van der Waals surface area contributed by atoms with Crippen molar-refractivity contribution in [1.29, 1.82) is 0 Å². The second kappa shape index (κ2) is 5.54. The minimum atomic E-state index is -6.16. The number of anilines is 1. The lowest BCUT2D eigenvalue weighted by Gasteiger charge is -2.26. The first-order valence-electron chi connectivity index (χ1n) is 5.24. The Bertz CT molecular complexity index is 541. The number of carboxylic acid groups (broad SMARTS) is 1. The first kappa shape index (κ1) is 16.7. The van der Waals surface area contributed by atoms with E-state index in [0.717, 1.165) is 24.3 Å². The molecule has 0 aliphatic rings. The van der Waals surface area contributed by atoms with E-state index >= 15 is 0 Å². The number of carboxylic acids is 1.